The van der Waals surface area contributed by atoms with Crippen LogP contribution in [-0.4, -0.2) is 9.97 Å². The molecule has 0 unspecified atom stereocenters. The van der Waals surface area contributed by atoms with Crippen molar-refractivity contribution < 1.29 is 0 Å². The fraction of sp³-hybridized carbons (Fsp3) is 0.111. The van der Waals surface area contributed by atoms with E-state index in [0.717, 1.165) is 33.5 Å². The van der Waals surface area contributed by atoms with Gasteiger partial charge in [-0.1, -0.05) is 98.8 Å². The lowest BCUT2D eigenvalue weighted by molar-refractivity contribution is 0.872. The summed E-state index contributed by atoms with van der Waals surface area (Å²) in [4.78, 5) is 10.1. The number of rotatable bonds is 3. The van der Waals surface area contributed by atoms with Crippen molar-refractivity contribution in [2.75, 3.05) is 0 Å². The van der Waals surface area contributed by atoms with Gasteiger partial charge in [0.05, 0.1) is 11.2 Å². The molecule has 5 aromatic rings. The molecule has 0 aliphatic heterocycles. The maximum absolute atomic E-state index is 5.05. The molecule has 0 spiro atoms. The molecule has 0 aliphatic rings. The lowest BCUT2D eigenvalue weighted by Crippen LogP contribution is -1.99. The SMILES string of the molecule is CC(C)c1cccc2c(-c3ccccc3)nc(-c3ccc4ccccc4c3)nc12. The minimum atomic E-state index is 0.390. The second kappa shape index (κ2) is 7.14. The highest BCUT2D eigenvalue weighted by molar-refractivity contribution is 5.96. The lowest BCUT2D eigenvalue weighted by Gasteiger charge is -2.14. The van der Waals surface area contributed by atoms with Crippen molar-refractivity contribution in [3.05, 3.63) is 96.6 Å². The van der Waals surface area contributed by atoms with Gasteiger partial charge in [-0.15, -0.1) is 0 Å². The van der Waals surface area contributed by atoms with Crippen molar-refractivity contribution in [3.63, 3.8) is 0 Å². The van der Waals surface area contributed by atoms with Gasteiger partial charge >= 0.3 is 0 Å². The Balaban J connectivity index is 1.82. The van der Waals surface area contributed by atoms with E-state index >= 15 is 0 Å². The zero-order chi connectivity index (χ0) is 19.8. The van der Waals surface area contributed by atoms with E-state index in [1.807, 2.05) is 6.07 Å². The van der Waals surface area contributed by atoms with E-state index in [0.29, 0.717) is 5.92 Å². The summed E-state index contributed by atoms with van der Waals surface area (Å²) in [5.41, 5.74) is 5.44. The standard InChI is InChI=1S/C27H22N2/c1-18(2)23-13-8-14-24-25(20-10-4-3-5-11-20)28-27(29-26(23)24)22-16-15-19-9-6-7-12-21(19)17-22/h3-18H,1-2H3. The Labute approximate surface area is 170 Å². The third-order valence-corrected chi connectivity index (χ3v) is 5.43. The van der Waals surface area contributed by atoms with Crippen LogP contribution in [0.2, 0.25) is 0 Å². The van der Waals surface area contributed by atoms with Gasteiger partial charge in [-0.25, -0.2) is 9.97 Å². The van der Waals surface area contributed by atoms with Crippen LogP contribution in [0.25, 0.3) is 44.3 Å². The summed E-state index contributed by atoms with van der Waals surface area (Å²) in [6.07, 6.45) is 0. The predicted molar refractivity (Wildman–Crippen MR) is 122 cm³/mol. The number of nitrogens with zero attached hydrogens (tertiary/aromatic N) is 2. The second-order valence-electron chi connectivity index (χ2n) is 7.72. The molecule has 2 heteroatoms. The van der Waals surface area contributed by atoms with Crippen LogP contribution in [-0.2, 0) is 0 Å². The summed E-state index contributed by atoms with van der Waals surface area (Å²) in [7, 11) is 0. The Kier molecular flexibility index (Phi) is 4.33. The molecule has 1 aromatic heterocycles. The van der Waals surface area contributed by atoms with Crippen LogP contribution in [0.5, 0.6) is 0 Å². The van der Waals surface area contributed by atoms with Gasteiger partial charge in [0, 0.05) is 16.5 Å². The third-order valence-electron chi connectivity index (χ3n) is 5.43. The van der Waals surface area contributed by atoms with E-state index in [2.05, 4.69) is 98.8 Å². The van der Waals surface area contributed by atoms with E-state index in [1.54, 1.807) is 0 Å². The predicted octanol–water partition coefficient (Wildman–Crippen LogP) is 7.24. The molecule has 0 N–H and O–H groups in total. The zero-order valence-electron chi connectivity index (χ0n) is 16.6. The van der Waals surface area contributed by atoms with Crippen molar-refractivity contribution in [2.45, 2.75) is 19.8 Å². The molecule has 1 heterocycles. The van der Waals surface area contributed by atoms with Crippen molar-refractivity contribution in [3.8, 4) is 22.6 Å². The van der Waals surface area contributed by atoms with E-state index in [-0.39, 0.29) is 0 Å². The Morgan fingerprint density at radius 2 is 1.38 bits per heavy atom. The molecule has 4 aromatic carbocycles. The maximum Gasteiger partial charge on any atom is 0.160 e. The highest BCUT2D eigenvalue weighted by atomic mass is 14.9. The minimum Gasteiger partial charge on any atom is -0.228 e. The van der Waals surface area contributed by atoms with Crippen LogP contribution in [0, 0.1) is 0 Å². The van der Waals surface area contributed by atoms with Crippen molar-refractivity contribution >= 4 is 21.7 Å². The highest BCUT2D eigenvalue weighted by Gasteiger charge is 2.15. The Morgan fingerprint density at radius 3 is 2.17 bits per heavy atom. The van der Waals surface area contributed by atoms with Crippen LogP contribution in [0.4, 0.5) is 0 Å². The average Bonchev–Trinajstić information content (AvgIpc) is 2.78. The monoisotopic (exact) mass is 374 g/mol. The number of fused-ring (bicyclic) bond motifs is 2. The van der Waals surface area contributed by atoms with Crippen LogP contribution < -0.4 is 0 Å². The van der Waals surface area contributed by atoms with Crippen molar-refractivity contribution in [1.29, 1.82) is 0 Å². The molecule has 0 saturated heterocycles. The summed E-state index contributed by atoms with van der Waals surface area (Å²) >= 11 is 0. The van der Waals surface area contributed by atoms with E-state index in [1.165, 1.54) is 16.3 Å². The normalized spacial score (nSPS) is 11.4. The molecule has 140 valence electrons. The average molecular weight is 374 g/mol. The molecule has 0 amide bonds. The number of hydrogen-bond acceptors (Lipinski definition) is 2. The van der Waals surface area contributed by atoms with Crippen molar-refractivity contribution in [2.24, 2.45) is 0 Å². The molecule has 0 atom stereocenters. The number of para-hydroxylation sites is 1. The van der Waals surface area contributed by atoms with Gasteiger partial charge in [0.15, 0.2) is 5.82 Å². The summed E-state index contributed by atoms with van der Waals surface area (Å²) in [6.45, 7) is 4.43. The van der Waals surface area contributed by atoms with Gasteiger partial charge in [-0.05, 0) is 28.3 Å². The first kappa shape index (κ1) is 17.6. The second-order valence-corrected chi connectivity index (χ2v) is 7.72. The van der Waals surface area contributed by atoms with Gasteiger partial charge in [0.1, 0.15) is 0 Å². The highest BCUT2D eigenvalue weighted by Crippen LogP contribution is 2.33. The largest absolute Gasteiger partial charge is 0.228 e. The summed E-state index contributed by atoms with van der Waals surface area (Å²) in [5, 5.41) is 3.53. The van der Waals surface area contributed by atoms with Gasteiger partial charge in [0.2, 0.25) is 0 Å². The summed E-state index contributed by atoms with van der Waals surface area (Å²) < 4.78 is 0. The molecule has 0 fully saturated rings. The molecular formula is C27H22N2. The molecule has 29 heavy (non-hydrogen) atoms. The Hall–Kier alpha value is -3.52. The molecule has 0 bridgehead atoms. The van der Waals surface area contributed by atoms with Gasteiger partial charge < -0.3 is 0 Å². The molecule has 0 saturated carbocycles. The van der Waals surface area contributed by atoms with Crippen molar-refractivity contribution in [1.82, 2.24) is 9.97 Å². The number of benzene rings is 4. The van der Waals surface area contributed by atoms with Crippen LogP contribution >= 0.6 is 0 Å². The Bertz CT molecular complexity index is 1320. The summed E-state index contributed by atoms with van der Waals surface area (Å²) in [5.74, 6) is 1.16. The smallest absolute Gasteiger partial charge is 0.160 e. The zero-order valence-corrected chi connectivity index (χ0v) is 16.6. The Morgan fingerprint density at radius 1 is 0.621 bits per heavy atom. The van der Waals surface area contributed by atoms with Crippen LogP contribution in [0.1, 0.15) is 25.3 Å². The number of hydrogen-bond donors (Lipinski definition) is 0. The minimum absolute atomic E-state index is 0.390. The molecule has 0 aliphatic carbocycles. The summed E-state index contributed by atoms with van der Waals surface area (Å²) in [6, 6.07) is 31.7. The fourth-order valence-electron chi connectivity index (χ4n) is 3.91. The van der Waals surface area contributed by atoms with E-state index < -0.39 is 0 Å². The quantitative estimate of drug-likeness (QED) is 0.332. The molecule has 5 rings (SSSR count). The van der Waals surface area contributed by atoms with Gasteiger partial charge in [-0.3, -0.25) is 0 Å². The van der Waals surface area contributed by atoms with Crippen LogP contribution in [0.3, 0.4) is 0 Å². The van der Waals surface area contributed by atoms with E-state index in [4.69, 9.17) is 9.97 Å². The van der Waals surface area contributed by atoms with Gasteiger partial charge in [0.25, 0.3) is 0 Å². The first-order chi connectivity index (χ1) is 14.2. The van der Waals surface area contributed by atoms with E-state index in [9.17, 15) is 0 Å². The van der Waals surface area contributed by atoms with Crippen LogP contribution in [0.15, 0.2) is 91.0 Å². The first-order valence-electron chi connectivity index (χ1n) is 10.1. The molecule has 0 radical (unpaired) electrons. The first-order valence-corrected chi connectivity index (χ1v) is 10.1. The molecular weight excluding hydrogens is 352 g/mol. The maximum atomic E-state index is 5.05. The third kappa shape index (κ3) is 3.17. The lowest BCUT2D eigenvalue weighted by atomic mass is 9.97. The number of aromatic nitrogens is 2. The van der Waals surface area contributed by atoms with Gasteiger partial charge in [-0.2, -0.15) is 0 Å². The fourth-order valence-corrected chi connectivity index (χ4v) is 3.91. The topological polar surface area (TPSA) is 25.8 Å². The molecule has 2 nitrogen and oxygen atoms in total.